The molecule has 0 bridgehead atoms. The smallest absolute Gasteiger partial charge is 0.275 e. The average Bonchev–Trinajstić information content (AvgIpc) is 2.70. The number of hydrazone groups is 1. The number of carbonyl (C=O) groups is 1. The van der Waals surface area contributed by atoms with Crippen molar-refractivity contribution in [1.29, 1.82) is 0 Å². The molecule has 0 unspecified atom stereocenters. The van der Waals surface area contributed by atoms with Gasteiger partial charge in [-0.05, 0) is 36.5 Å². The molecule has 0 radical (unpaired) electrons. The molecule has 0 fully saturated rings. The van der Waals surface area contributed by atoms with Gasteiger partial charge in [-0.1, -0.05) is 18.2 Å². The molecule has 1 aromatic heterocycles. The number of aromatic nitrogens is 2. The number of phenolic OH excluding ortho intramolecular Hbond substituents is 1. The normalized spacial score (nSPS) is 10.8. The van der Waals surface area contributed by atoms with E-state index in [0.29, 0.717) is 11.4 Å². The summed E-state index contributed by atoms with van der Waals surface area (Å²) in [6, 6.07) is 12.6. The SMILES string of the molecule is COc1cccc(-n2c(O)c(C=NNC(=O)c3ccccc3O)c(=O)[nH]c2=S)c1. The second-order valence-corrected chi connectivity index (χ2v) is 6.14. The maximum absolute atomic E-state index is 12.2. The minimum absolute atomic E-state index is 0.00938. The molecule has 0 aliphatic carbocycles. The Morgan fingerprint density at radius 1 is 1.24 bits per heavy atom. The van der Waals surface area contributed by atoms with E-state index in [1.165, 1.54) is 23.8 Å². The molecule has 3 aromatic rings. The molecule has 0 spiro atoms. The minimum Gasteiger partial charge on any atom is -0.507 e. The summed E-state index contributed by atoms with van der Waals surface area (Å²) < 4.78 is 6.35. The number of rotatable bonds is 5. The van der Waals surface area contributed by atoms with E-state index in [1.54, 1.807) is 36.4 Å². The van der Waals surface area contributed by atoms with Gasteiger partial charge in [-0.2, -0.15) is 5.10 Å². The van der Waals surface area contributed by atoms with Crippen LogP contribution in [0.15, 0.2) is 58.4 Å². The van der Waals surface area contributed by atoms with Gasteiger partial charge >= 0.3 is 0 Å². The van der Waals surface area contributed by atoms with E-state index in [4.69, 9.17) is 17.0 Å². The average molecular weight is 412 g/mol. The highest BCUT2D eigenvalue weighted by Crippen LogP contribution is 2.22. The first-order valence-electron chi connectivity index (χ1n) is 8.26. The van der Waals surface area contributed by atoms with E-state index in [9.17, 15) is 19.8 Å². The molecular formula is C19H16N4O5S. The van der Waals surface area contributed by atoms with Crippen molar-refractivity contribution in [3.05, 3.63) is 74.8 Å². The van der Waals surface area contributed by atoms with Crippen LogP contribution in [0.4, 0.5) is 0 Å². The summed E-state index contributed by atoms with van der Waals surface area (Å²) in [5.41, 5.74) is 1.74. The number of hydrogen-bond acceptors (Lipinski definition) is 7. The molecule has 29 heavy (non-hydrogen) atoms. The van der Waals surface area contributed by atoms with Crippen LogP contribution in [0.2, 0.25) is 0 Å². The summed E-state index contributed by atoms with van der Waals surface area (Å²) >= 11 is 5.15. The lowest BCUT2D eigenvalue weighted by Gasteiger charge is -2.12. The Balaban J connectivity index is 1.95. The Labute approximate surface area is 169 Å². The number of methoxy groups -OCH3 is 1. The van der Waals surface area contributed by atoms with E-state index in [0.717, 1.165) is 6.21 Å². The highest BCUT2D eigenvalue weighted by molar-refractivity contribution is 7.71. The number of nitrogens with one attached hydrogen (secondary N) is 2. The number of carbonyl (C=O) groups excluding carboxylic acids is 1. The molecule has 1 amide bonds. The lowest BCUT2D eigenvalue weighted by atomic mass is 10.2. The van der Waals surface area contributed by atoms with Gasteiger partial charge < -0.3 is 14.9 Å². The van der Waals surface area contributed by atoms with Crippen LogP contribution in [0.1, 0.15) is 15.9 Å². The first-order valence-corrected chi connectivity index (χ1v) is 8.67. The first-order chi connectivity index (χ1) is 13.9. The largest absolute Gasteiger partial charge is 0.507 e. The maximum Gasteiger partial charge on any atom is 0.275 e. The van der Waals surface area contributed by atoms with Crippen LogP contribution in [0.25, 0.3) is 5.69 Å². The molecule has 1 heterocycles. The van der Waals surface area contributed by atoms with Gasteiger partial charge in [0, 0.05) is 6.07 Å². The number of ether oxygens (including phenoxy) is 1. The van der Waals surface area contributed by atoms with Crippen LogP contribution in [0.5, 0.6) is 17.4 Å². The van der Waals surface area contributed by atoms with Gasteiger partial charge in [-0.15, -0.1) is 0 Å². The van der Waals surface area contributed by atoms with Crippen molar-refractivity contribution in [2.75, 3.05) is 7.11 Å². The quantitative estimate of drug-likeness (QED) is 0.288. The van der Waals surface area contributed by atoms with E-state index in [1.807, 2.05) is 0 Å². The fourth-order valence-electron chi connectivity index (χ4n) is 2.53. The second kappa shape index (κ2) is 8.40. The number of phenols is 1. The molecule has 10 heteroatoms. The molecule has 0 saturated heterocycles. The number of aromatic amines is 1. The molecular weight excluding hydrogens is 396 g/mol. The molecule has 0 saturated carbocycles. The maximum atomic E-state index is 12.2. The Morgan fingerprint density at radius 3 is 2.72 bits per heavy atom. The van der Waals surface area contributed by atoms with Gasteiger partial charge in [-0.3, -0.25) is 19.1 Å². The number of nitrogens with zero attached hydrogens (tertiary/aromatic N) is 2. The number of benzene rings is 2. The Bertz CT molecular complexity index is 1220. The van der Waals surface area contributed by atoms with E-state index in [2.05, 4.69) is 15.5 Å². The van der Waals surface area contributed by atoms with Crippen LogP contribution in [-0.2, 0) is 0 Å². The van der Waals surface area contributed by atoms with Gasteiger partial charge in [0.1, 0.15) is 17.1 Å². The number of aromatic hydroxyl groups is 2. The number of para-hydroxylation sites is 1. The highest BCUT2D eigenvalue weighted by atomic mass is 32.1. The lowest BCUT2D eigenvalue weighted by molar-refractivity contribution is 0.0952. The Morgan fingerprint density at radius 2 is 2.00 bits per heavy atom. The second-order valence-electron chi connectivity index (χ2n) is 5.75. The molecule has 148 valence electrons. The van der Waals surface area contributed by atoms with Gasteiger partial charge in [0.25, 0.3) is 11.5 Å². The Hall–Kier alpha value is -3.92. The van der Waals surface area contributed by atoms with Crippen LogP contribution < -0.4 is 15.7 Å². The van der Waals surface area contributed by atoms with Crippen molar-refractivity contribution in [2.24, 2.45) is 5.10 Å². The van der Waals surface area contributed by atoms with E-state index < -0.39 is 17.3 Å². The summed E-state index contributed by atoms with van der Waals surface area (Å²) in [6.07, 6.45) is 0.984. The molecule has 2 aromatic carbocycles. The summed E-state index contributed by atoms with van der Waals surface area (Å²) in [7, 11) is 1.50. The summed E-state index contributed by atoms with van der Waals surface area (Å²) in [5, 5.41) is 24.0. The standard InChI is InChI=1S/C19H16N4O5S/c1-28-12-6-4-5-11(9-12)23-18(27)14(16(25)21-19(23)29)10-20-22-17(26)13-7-2-3-8-15(13)24/h2-10,24,27H,1H3,(H,22,26)(H,21,25,29). The predicted octanol–water partition coefficient (Wildman–Crippen LogP) is 2.08. The van der Waals surface area contributed by atoms with Crippen molar-refractivity contribution in [1.82, 2.24) is 15.0 Å². The van der Waals surface area contributed by atoms with Crippen molar-refractivity contribution >= 4 is 24.3 Å². The molecule has 9 nitrogen and oxygen atoms in total. The number of amides is 1. The lowest BCUT2D eigenvalue weighted by Crippen LogP contribution is -2.21. The third-order valence-corrected chi connectivity index (χ3v) is 4.23. The zero-order valence-electron chi connectivity index (χ0n) is 15.1. The zero-order valence-corrected chi connectivity index (χ0v) is 15.9. The number of hydrogen-bond donors (Lipinski definition) is 4. The number of H-pyrrole nitrogens is 1. The van der Waals surface area contributed by atoms with Gasteiger partial charge in [-0.25, -0.2) is 5.43 Å². The van der Waals surface area contributed by atoms with Crippen molar-refractivity contribution in [3.8, 4) is 23.1 Å². The van der Waals surface area contributed by atoms with Crippen molar-refractivity contribution in [2.45, 2.75) is 0 Å². The van der Waals surface area contributed by atoms with Gasteiger partial charge in [0.15, 0.2) is 4.77 Å². The fourth-order valence-corrected chi connectivity index (χ4v) is 2.81. The van der Waals surface area contributed by atoms with Gasteiger partial charge in [0.05, 0.1) is 24.6 Å². The minimum atomic E-state index is -0.688. The molecule has 0 aliphatic heterocycles. The summed E-state index contributed by atoms with van der Waals surface area (Å²) in [4.78, 5) is 26.7. The monoisotopic (exact) mass is 412 g/mol. The first kappa shape index (κ1) is 19.8. The van der Waals surface area contributed by atoms with Crippen LogP contribution >= 0.6 is 12.2 Å². The van der Waals surface area contributed by atoms with E-state index >= 15 is 0 Å². The third kappa shape index (κ3) is 4.17. The van der Waals surface area contributed by atoms with Crippen molar-refractivity contribution < 1.29 is 19.7 Å². The zero-order chi connectivity index (χ0) is 21.0. The third-order valence-electron chi connectivity index (χ3n) is 3.94. The van der Waals surface area contributed by atoms with Gasteiger partial charge in [0.2, 0.25) is 5.88 Å². The molecule has 4 N–H and O–H groups in total. The predicted molar refractivity (Wildman–Crippen MR) is 109 cm³/mol. The fraction of sp³-hybridized carbons (Fsp3) is 0.0526. The summed E-state index contributed by atoms with van der Waals surface area (Å²) in [6.45, 7) is 0. The van der Waals surface area contributed by atoms with Crippen molar-refractivity contribution in [3.63, 3.8) is 0 Å². The van der Waals surface area contributed by atoms with Crippen LogP contribution in [0.3, 0.4) is 0 Å². The topological polar surface area (TPSA) is 129 Å². The Kier molecular flexibility index (Phi) is 5.74. The highest BCUT2D eigenvalue weighted by Gasteiger charge is 2.14. The molecule has 0 atom stereocenters. The summed E-state index contributed by atoms with van der Waals surface area (Å²) in [5.74, 6) is -0.837. The molecule has 3 rings (SSSR count). The van der Waals surface area contributed by atoms with Crippen LogP contribution in [-0.4, -0.2) is 39.0 Å². The van der Waals surface area contributed by atoms with Crippen LogP contribution in [0, 0.1) is 4.77 Å². The molecule has 0 aliphatic rings. The van der Waals surface area contributed by atoms with E-state index in [-0.39, 0.29) is 21.6 Å².